The van der Waals surface area contributed by atoms with E-state index in [4.69, 9.17) is 11.6 Å². The summed E-state index contributed by atoms with van der Waals surface area (Å²) in [5, 5.41) is 7.47. The highest BCUT2D eigenvalue weighted by molar-refractivity contribution is 6.31. The second-order valence-corrected chi connectivity index (χ2v) is 5.27. The maximum Gasteiger partial charge on any atom is 0.126 e. The van der Waals surface area contributed by atoms with Crippen LogP contribution >= 0.6 is 11.6 Å². The predicted octanol–water partition coefficient (Wildman–Crippen LogP) is 4.08. The molecule has 0 aromatic carbocycles. The van der Waals surface area contributed by atoms with Crippen LogP contribution in [0.5, 0.6) is 0 Å². The lowest BCUT2D eigenvalue weighted by Crippen LogP contribution is -2.17. The molecule has 0 fully saturated rings. The number of hydrogen-bond donors (Lipinski definition) is 2. The fraction of sp³-hybridized carbons (Fsp3) is 0.667. The van der Waals surface area contributed by atoms with E-state index in [9.17, 15) is 0 Å². The first kappa shape index (κ1) is 16.3. The number of pyridine rings is 1. The zero-order chi connectivity index (χ0) is 14.1. The van der Waals surface area contributed by atoms with Crippen LogP contribution in [0.2, 0.25) is 5.02 Å². The second-order valence-electron chi connectivity index (χ2n) is 4.87. The van der Waals surface area contributed by atoms with Crippen molar-refractivity contribution in [2.45, 2.75) is 46.6 Å². The first-order chi connectivity index (χ1) is 9.21. The van der Waals surface area contributed by atoms with Crippen LogP contribution in [-0.2, 0) is 6.54 Å². The third-order valence-corrected chi connectivity index (χ3v) is 3.71. The molecule has 1 aromatic rings. The van der Waals surface area contributed by atoms with Gasteiger partial charge in [0.2, 0.25) is 0 Å². The van der Waals surface area contributed by atoms with Gasteiger partial charge in [0.25, 0.3) is 0 Å². The third kappa shape index (κ3) is 5.79. The van der Waals surface area contributed by atoms with Crippen LogP contribution in [0.1, 0.15) is 45.7 Å². The van der Waals surface area contributed by atoms with Crippen LogP contribution in [0.15, 0.2) is 12.1 Å². The van der Waals surface area contributed by atoms with Gasteiger partial charge in [0, 0.05) is 13.1 Å². The average molecular weight is 284 g/mol. The molecule has 1 rings (SSSR count). The molecule has 1 heterocycles. The molecule has 108 valence electrons. The molecular formula is C15H26ClN3. The van der Waals surface area contributed by atoms with Gasteiger partial charge in [-0.1, -0.05) is 45.2 Å². The van der Waals surface area contributed by atoms with Crippen molar-refractivity contribution in [3.63, 3.8) is 0 Å². The van der Waals surface area contributed by atoms with E-state index in [2.05, 4.69) is 36.4 Å². The molecule has 0 bridgehead atoms. The van der Waals surface area contributed by atoms with Gasteiger partial charge in [-0.05, 0) is 31.0 Å². The largest absolute Gasteiger partial charge is 0.370 e. The van der Waals surface area contributed by atoms with Gasteiger partial charge in [0.05, 0.1) is 10.7 Å². The number of halogens is 1. The maximum atomic E-state index is 6.16. The van der Waals surface area contributed by atoms with Crippen molar-refractivity contribution in [1.29, 1.82) is 0 Å². The van der Waals surface area contributed by atoms with Crippen LogP contribution in [-0.4, -0.2) is 18.1 Å². The highest BCUT2D eigenvalue weighted by atomic mass is 35.5. The van der Waals surface area contributed by atoms with Gasteiger partial charge >= 0.3 is 0 Å². The monoisotopic (exact) mass is 283 g/mol. The van der Waals surface area contributed by atoms with Gasteiger partial charge in [0.1, 0.15) is 5.82 Å². The Morgan fingerprint density at radius 1 is 1.21 bits per heavy atom. The smallest absolute Gasteiger partial charge is 0.126 e. The standard InChI is InChI=1S/C15H26ClN3/c1-4-9-17-11-14-13(16)7-8-15(19-14)18-10-12(5-2)6-3/h7-8,12,17H,4-6,9-11H2,1-3H3,(H,18,19). The Labute approximate surface area is 122 Å². The molecule has 0 spiro atoms. The molecule has 0 aliphatic carbocycles. The van der Waals surface area contributed by atoms with E-state index in [1.54, 1.807) is 0 Å². The summed E-state index contributed by atoms with van der Waals surface area (Å²) >= 11 is 6.16. The SMILES string of the molecule is CCCNCc1nc(NCC(CC)CC)ccc1Cl. The molecule has 0 radical (unpaired) electrons. The fourth-order valence-corrected chi connectivity index (χ4v) is 2.09. The Balaban J connectivity index is 2.57. The first-order valence-electron chi connectivity index (χ1n) is 7.31. The summed E-state index contributed by atoms with van der Waals surface area (Å²) in [6.07, 6.45) is 3.51. The summed E-state index contributed by atoms with van der Waals surface area (Å²) < 4.78 is 0. The van der Waals surface area contributed by atoms with Gasteiger partial charge in [-0.3, -0.25) is 0 Å². The predicted molar refractivity (Wildman–Crippen MR) is 83.8 cm³/mol. The lowest BCUT2D eigenvalue weighted by molar-refractivity contribution is 0.518. The van der Waals surface area contributed by atoms with Crippen molar-refractivity contribution in [2.75, 3.05) is 18.4 Å². The van der Waals surface area contributed by atoms with Crippen molar-refractivity contribution in [2.24, 2.45) is 5.92 Å². The number of nitrogens with one attached hydrogen (secondary N) is 2. The molecule has 3 nitrogen and oxygen atoms in total. The van der Waals surface area contributed by atoms with Crippen molar-refractivity contribution in [3.8, 4) is 0 Å². The van der Waals surface area contributed by atoms with E-state index < -0.39 is 0 Å². The Kier molecular flexibility index (Phi) is 7.84. The van der Waals surface area contributed by atoms with Crippen LogP contribution in [0.4, 0.5) is 5.82 Å². The number of hydrogen-bond acceptors (Lipinski definition) is 3. The highest BCUT2D eigenvalue weighted by Gasteiger charge is 2.06. The van der Waals surface area contributed by atoms with E-state index in [-0.39, 0.29) is 0 Å². The number of nitrogens with zero attached hydrogens (tertiary/aromatic N) is 1. The Morgan fingerprint density at radius 2 is 1.95 bits per heavy atom. The molecule has 4 heteroatoms. The summed E-state index contributed by atoms with van der Waals surface area (Å²) in [6, 6.07) is 3.88. The van der Waals surface area contributed by atoms with Gasteiger partial charge in [-0.25, -0.2) is 4.98 Å². The van der Waals surface area contributed by atoms with Crippen molar-refractivity contribution in [1.82, 2.24) is 10.3 Å². The highest BCUT2D eigenvalue weighted by Crippen LogP contribution is 2.17. The summed E-state index contributed by atoms with van der Waals surface area (Å²) in [7, 11) is 0. The molecular weight excluding hydrogens is 258 g/mol. The summed E-state index contributed by atoms with van der Waals surface area (Å²) in [6.45, 7) is 9.30. The molecule has 0 unspecified atom stereocenters. The average Bonchev–Trinajstić information content (AvgIpc) is 2.43. The fourth-order valence-electron chi connectivity index (χ4n) is 1.92. The molecule has 2 N–H and O–H groups in total. The van der Waals surface area contributed by atoms with Gasteiger partial charge in [-0.2, -0.15) is 0 Å². The van der Waals surface area contributed by atoms with Crippen molar-refractivity contribution in [3.05, 3.63) is 22.8 Å². The van der Waals surface area contributed by atoms with Gasteiger partial charge in [0.15, 0.2) is 0 Å². The van der Waals surface area contributed by atoms with Crippen LogP contribution in [0.3, 0.4) is 0 Å². The van der Waals surface area contributed by atoms with Gasteiger partial charge < -0.3 is 10.6 Å². The van der Waals surface area contributed by atoms with E-state index in [0.29, 0.717) is 5.92 Å². The molecule has 0 amide bonds. The quantitative estimate of drug-likeness (QED) is 0.671. The first-order valence-corrected chi connectivity index (χ1v) is 7.69. The minimum atomic E-state index is 0.708. The topological polar surface area (TPSA) is 37.0 Å². The summed E-state index contributed by atoms with van der Waals surface area (Å²) in [5.41, 5.74) is 0.921. The molecule has 19 heavy (non-hydrogen) atoms. The van der Waals surface area contributed by atoms with Gasteiger partial charge in [-0.15, -0.1) is 0 Å². The summed E-state index contributed by atoms with van der Waals surface area (Å²) in [4.78, 5) is 4.58. The Hall–Kier alpha value is -0.800. The number of anilines is 1. The van der Waals surface area contributed by atoms with Crippen LogP contribution < -0.4 is 10.6 Å². The minimum absolute atomic E-state index is 0.708. The van der Waals surface area contributed by atoms with Crippen molar-refractivity contribution >= 4 is 17.4 Å². The number of aromatic nitrogens is 1. The molecule has 0 saturated carbocycles. The van der Waals surface area contributed by atoms with E-state index in [1.165, 1.54) is 12.8 Å². The lowest BCUT2D eigenvalue weighted by atomic mass is 10.0. The minimum Gasteiger partial charge on any atom is -0.370 e. The molecule has 0 aliphatic rings. The number of rotatable bonds is 9. The Morgan fingerprint density at radius 3 is 2.58 bits per heavy atom. The molecule has 0 saturated heterocycles. The normalized spacial score (nSPS) is 11.0. The van der Waals surface area contributed by atoms with E-state index in [1.807, 2.05) is 12.1 Å². The third-order valence-electron chi connectivity index (χ3n) is 3.36. The summed E-state index contributed by atoms with van der Waals surface area (Å²) in [5.74, 6) is 1.63. The van der Waals surface area contributed by atoms with Crippen molar-refractivity contribution < 1.29 is 0 Å². The maximum absolute atomic E-state index is 6.16. The zero-order valence-electron chi connectivity index (χ0n) is 12.3. The molecule has 0 atom stereocenters. The van der Waals surface area contributed by atoms with E-state index >= 15 is 0 Å². The van der Waals surface area contributed by atoms with E-state index in [0.717, 1.165) is 42.6 Å². The second kappa shape index (κ2) is 9.16. The Bertz CT molecular complexity index is 364. The lowest BCUT2D eigenvalue weighted by Gasteiger charge is -2.14. The molecule has 0 aliphatic heterocycles. The molecule has 1 aromatic heterocycles. The van der Waals surface area contributed by atoms with Crippen LogP contribution in [0.25, 0.3) is 0 Å². The zero-order valence-corrected chi connectivity index (χ0v) is 13.1. The van der Waals surface area contributed by atoms with Crippen LogP contribution in [0, 0.1) is 5.92 Å².